The first-order valence-electron chi connectivity index (χ1n) is 9.72. The van der Waals surface area contributed by atoms with Crippen LogP contribution in [-0.2, 0) is 5.41 Å². The minimum absolute atomic E-state index is 0.259. The summed E-state index contributed by atoms with van der Waals surface area (Å²) in [4.78, 5) is 11.5. The Bertz CT molecular complexity index is 1050. The first kappa shape index (κ1) is 18.5. The van der Waals surface area contributed by atoms with Gasteiger partial charge in [0.15, 0.2) is 0 Å². The Balaban J connectivity index is 1.60. The molecule has 0 spiro atoms. The summed E-state index contributed by atoms with van der Waals surface area (Å²) in [5, 5.41) is 11.1. The fourth-order valence-electron chi connectivity index (χ4n) is 5.17. The number of carboxylic acids is 1. The molecular formula is C25H26O3. The molecule has 3 nitrogen and oxygen atoms in total. The van der Waals surface area contributed by atoms with Crippen LogP contribution in [0.2, 0.25) is 0 Å². The molecule has 1 fully saturated rings. The van der Waals surface area contributed by atoms with Gasteiger partial charge in [-0.1, -0.05) is 45.0 Å². The summed E-state index contributed by atoms with van der Waals surface area (Å²) in [5.41, 5.74) is 3.27. The maximum absolute atomic E-state index is 11.5. The molecule has 0 unspecified atom stereocenters. The molecule has 0 aliphatic heterocycles. The quantitative estimate of drug-likeness (QED) is 0.551. The smallest absolute Gasteiger partial charge is 0.336 e. The number of ether oxygens (including phenoxy) is 1. The lowest BCUT2D eigenvalue weighted by Crippen LogP contribution is -2.44. The third-order valence-corrected chi connectivity index (χ3v) is 5.90. The van der Waals surface area contributed by atoms with Gasteiger partial charge in [-0.2, -0.15) is 0 Å². The minimum atomic E-state index is -0.911. The lowest BCUT2D eigenvalue weighted by Gasteiger charge is -2.52. The lowest BCUT2D eigenvalue weighted by atomic mass is 9.53. The lowest BCUT2D eigenvalue weighted by molar-refractivity contribution is 0.0697. The Labute approximate surface area is 166 Å². The average Bonchev–Trinajstić information content (AvgIpc) is 2.60. The number of aromatic carboxylic acids is 1. The molecule has 0 aromatic heterocycles. The van der Waals surface area contributed by atoms with E-state index in [9.17, 15) is 9.90 Å². The molecule has 3 aromatic carbocycles. The molecule has 28 heavy (non-hydrogen) atoms. The fourth-order valence-corrected chi connectivity index (χ4v) is 5.17. The normalized spacial score (nSPS) is 17.1. The Morgan fingerprint density at radius 2 is 1.64 bits per heavy atom. The van der Waals surface area contributed by atoms with Crippen LogP contribution in [0.4, 0.5) is 0 Å². The summed E-state index contributed by atoms with van der Waals surface area (Å²) in [5.74, 6) is 0.598. The monoisotopic (exact) mass is 374 g/mol. The van der Waals surface area contributed by atoms with Gasteiger partial charge in [0, 0.05) is 0 Å². The van der Waals surface area contributed by atoms with E-state index in [0.717, 1.165) is 27.8 Å². The highest BCUT2D eigenvalue weighted by molar-refractivity contribution is 6.05. The molecule has 1 N–H and O–H groups in total. The number of carbonyl (C=O) groups is 1. The summed E-state index contributed by atoms with van der Waals surface area (Å²) < 4.78 is 6.08. The Kier molecular flexibility index (Phi) is 4.22. The van der Waals surface area contributed by atoms with E-state index in [1.165, 1.54) is 18.4 Å². The molecule has 1 aliphatic carbocycles. The number of rotatable bonds is 4. The fraction of sp³-hybridized carbons (Fsp3) is 0.320. The molecule has 3 aromatic rings. The van der Waals surface area contributed by atoms with Crippen LogP contribution in [0.25, 0.3) is 10.8 Å². The predicted octanol–water partition coefficient (Wildman–Crippen LogP) is 6.72. The topological polar surface area (TPSA) is 46.5 Å². The van der Waals surface area contributed by atoms with Crippen LogP contribution in [0.3, 0.4) is 0 Å². The van der Waals surface area contributed by atoms with Gasteiger partial charge in [-0.25, -0.2) is 4.79 Å². The summed E-state index contributed by atoms with van der Waals surface area (Å²) in [6, 6.07) is 17.5. The third kappa shape index (κ3) is 3.26. The van der Waals surface area contributed by atoms with Gasteiger partial charge < -0.3 is 9.84 Å². The van der Waals surface area contributed by atoms with Crippen molar-refractivity contribution < 1.29 is 14.6 Å². The van der Waals surface area contributed by atoms with E-state index < -0.39 is 5.97 Å². The second-order valence-corrected chi connectivity index (χ2v) is 9.15. The van der Waals surface area contributed by atoms with Crippen molar-refractivity contribution >= 4 is 16.7 Å². The second-order valence-electron chi connectivity index (χ2n) is 9.15. The number of hydrogen-bond acceptors (Lipinski definition) is 2. The molecule has 0 bridgehead atoms. The summed E-state index contributed by atoms with van der Waals surface area (Å²) in [6.45, 7) is 8.90. The van der Waals surface area contributed by atoms with E-state index in [-0.39, 0.29) is 5.41 Å². The molecule has 0 saturated heterocycles. The number of benzene rings is 3. The van der Waals surface area contributed by atoms with Gasteiger partial charge in [0.05, 0.1) is 5.56 Å². The van der Waals surface area contributed by atoms with Gasteiger partial charge in [-0.3, -0.25) is 0 Å². The zero-order valence-electron chi connectivity index (χ0n) is 16.9. The minimum Gasteiger partial charge on any atom is -0.478 e. The van der Waals surface area contributed by atoms with Crippen LogP contribution in [0.5, 0.6) is 11.5 Å². The van der Waals surface area contributed by atoms with Crippen LogP contribution < -0.4 is 4.74 Å². The van der Waals surface area contributed by atoms with Gasteiger partial charge in [0.2, 0.25) is 0 Å². The maximum Gasteiger partial charge on any atom is 0.336 e. The molecule has 144 valence electrons. The van der Waals surface area contributed by atoms with Crippen molar-refractivity contribution in [1.29, 1.82) is 0 Å². The van der Waals surface area contributed by atoms with Crippen molar-refractivity contribution in [2.75, 3.05) is 0 Å². The molecular weight excluding hydrogens is 348 g/mol. The Hall–Kier alpha value is -2.81. The molecule has 3 heteroatoms. The van der Waals surface area contributed by atoms with E-state index in [0.29, 0.717) is 11.0 Å². The summed E-state index contributed by atoms with van der Waals surface area (Å²) in [6.07, 6.45) is 2.41. The highest BCUT2D eigenvalue weighted by Gasteiger charge is 2.46. The van der Waals surface area contributed by atoms with Gasteiger partial charge in [-0.05, 0) is 82.8 Å². The van der Waals surface area contributed by atoms with Gasteiger partial charge in [0.25, 0.3) is 0 Å². The highest BCUT2D eigenvalue weighted by atomic mass is 16.5. The zero-order valence-corrected chi connectivity index (χ0v) is 16.9. The van der Waals surface area contributed by atoms with E-state index in [2.05, 4.69) is 32.9 Å². The predicted molar refractivity (Wildman–Crippen MR) is 113 cm³/mol. The first-order valence-corrected chi connectivity index (χ1v) is 9.72. The van der Waals surface area contributed by atoms with Crippen molar-refractivity contribution in [1.82, 2.24) is 0 Å². The van der Waals surface area contributed by atoms with Crippen molar-refractivity contribution in [2.24, 2.45) is 5.41 Å². The van der Waals surface area contributed by atoms with Crippen LogP contribution in [0.1, 0.15) is 55.1 Å². The van der Waals surface area contributed by atoms with E-state index in [1.54, 1.807) is 12.1 Å². The summed E-state index contributed by atoms with van der Waals surface area (Å²) >= 11 is 0. The van der Waals surface area contributed by atoms with E-state index >= 15 is 0 Å². The van der Waals surface area contributed by atoms with Crippen LogP contribution >= 0.6 is 0 Å². The number of hydrogen-bond donors (Lipinski definition) is 1. The van der Waals surface area contributed by atoms with Crippen LogP contribution in [0.15, 0.2) is 54.6 Å². The molecule has 4 rings (SSSR count). The Morgan fingerprint density at radius 1 is 0.964 bits per heavy atom. The van der Waals surface area contributed by atoms with Crippen molar-refractivity contribution in [3.8, 4) is 11.5 Å². The number of carboxylic acid groups (broad SMARTS) is 1. The molecule has 0 heterocycles. The van der Waals surface area contributed by atoms with Crippen LogP contribution in [0, 0.1) is 12.3 Å². The van der Waals surface area contributed by atoms with Crippen molar-refractivity contribution in [3.63, 3.8) is 0 Å². The largest absolute Gasteiger partial charge is 0.478 e. The highest BCUT2D eigenvalue weighted by Crippen LogP contribution is 2.55. The SMILES string of the molecule is Cc1cc(Oc2ccc(C3(C)CC(C)(C)C3)cc2)cc2cccc(C(=O)O)c12. The molecule has 0 radical (unpaired) electrons. The van der Waals surface area contributed by atoms with Crippen LogP contribution in [-0.4, -0.2) is 11.1 Å². The van der Waals surface area contributed by atoms with Crippen molar-refractivity contribution in [2.45, 2.75) is 46.0 Å². The van der Waals surface area contributed by atoms with Crippen molar-refractivity contribution in [3.05, 3.63) is 71.3 Å². The standard InChI is InChI=1S/C25H26O3/c1-16-12-20(13-17-6-5-7-21(22(16)17)23(26)27)28-19-10-8-18(9-11-19)25(4)14-24(2,3)15-25/h5-13H,14-15H2,1-4H3,(H,26,27). The maximum atomic E-state index is 11.5. The zero-order chi connectivity index (χ0) is 20.1. The third-order valence-electron chi connectivity index (χ3n) is 5.90. The Morgan fingerprint density at radius 3 is 2.25 bits per heavy atom. The molecule has 0 atom stereocenters. The molecule has 1 aliphatic rings. The average molecular weight is 374 g/mol. The van der Waals surface area contributed by atoms with E-state index in [1.807, 2.05) is 37.3 Å². The molecule has 1 saturated carbocycles. The van der Waals surface area contributed by atoms with Gasteiger partial charge in [-0.15, -0.1) is 0 Å². The number of aryl methyl sites for hydroxylation is 1. The number of fused-ring (bicyclic) bond motifs is 1. The summed E-state index contributed by atoms with van der Waals surface area (Å²) in [7, 11) is 0. The first-order chi connectivity index (χ1) is 13.2. The van der Waals surface area contributed by atoms with E-state index in [4.69, 9.17) is 4.74 Å². The van der Waals surface area contributed by atoms with Gasteiger partial charge >= 0.3 is 5.97 Å². The molecule has 0 amide bonds. The van der Waals surface area contributed by atoms with Gasteiger partial charge in [0.1, 0.15) is 11.5 Å². The second kappa shape index (κ2) is 6.37.